The van der Waals surface area contributed by atoms with E-state index in [9.17, 15) is 14.4 Å². The Bertz CT molecular complexity index is 764. The number of carbonyl (C=O) groups excluding carboxylic acids is 1. The van der Waals surface area contributed by atoms with E-state index in [4.69, 9.17) is 11.6 Å². The Morgan fingerprint density at radius 2 is 2.10 bits per heavy atom. The third-order valence-electron chi connectivity index (χ3n) is 2.68. The molecule has 0 spiro atoms. The minimum absolute atomic E-state index is 0.193. The maximum Gasteiger partial charge on any atom is 0.328 e. The van der Waals surface area contributed by atoms with E-state index in [2.05, 4.69) is 10.3 Å². The Labute approximate surface area is 119 Å². The number of nitrogens with one attached hydrogen (secondary N) is 2. The Morgan fingerprint density at radius 1 is 1.35 bits per heavy atom. The smallest absolute Gasteiger partial charge is 0.324 e. The second-order valence-electron chi connectivity index (χ2n) is 4.25. The molecule has 0 bridgehead atoms. The lowest BCUT2D eigenvalue weighted by Crippen LogP contribution is -2.32. The zero-order valence-corrected chi connectivity index (χ0v) is 11.4. The monoisotopic (exact) mass is 293 g/mol. The summed E-state index contributed by atoms with van der Waals surface area (Å²) in [6.07, 6.45) is 1.27. The van der Waals surface area contributed by atoms with Crippen LogP contribution in [0.5, 0.6) is 0 Å². The van der Waals surface area contributed by atoms with Crippen molar-refractivity contribution in [1.29, 1.82) is 0 Å². The molecule has 0 saturated carbocycles. The summed E-state index contributed by atoms with van der Waals surface area (Å²) in [7, 11) is 0. The third-order valence-corrected chi connectivity index (χ3v) is 2.92. The van der Waals surface area contributed by atoms with Gasteiger partial charge in [-0.2, -0.15) is 0 Å². The van der Waals surface area contributed by atoms with Crippen molar-refractivity contribution in [3.05, 3.63) is 61.9 Å². The second-order valence-corrected chi connectivity index (χ2v) is 4.68. The molecule has 1 heterocycles. The predicted octanol–water partition coefficient (Wildman–Crippen LogP) is 1.14. The van der Waals surface area contributed by atoms with E-state index in [-0.39, 0.29) is 12.5 Å². The average molecular weight is 294 g/mol. The summed E-state index contributed by atoms with van der Waals surface area (Å²) in [5, 5.41) is 3.17. The van der Waals surface area contributed by atoms with Gasteiger partial charge in [0.15, 0.2) is 0 Å². The van der Waals surface area contributed by atoms with Gasteiger partial charge in [0.1, 0.15) is 6.54 Å². The van der Waals surface area contributed by atoms with Crippen molar-refractivity contribution in [3.63, 3.8) is 0 Å². The van der Waals surface area contributed by atoms with Crippen LogP contribution >= 0.6 is 11.6 Å². The molecule has 0 aliphatic rings. The lowest BCUT2D eigenvalue weighted by atomic mass is 10.2. The molecular weight excluding hydrogens is 282 g/mol. The van der Waals surface area contributed by atoms with Crippen LogP contribution < -0.4 is 16.6 Å². The number of hydrogen-bond acceptors (Lipinski definition) is 3. The SMILES string of the molecule is Cc1ccc(Cl)cc1NC(=O)Cn1ccc(=O)[nH]c1=O. The fraction of sp³-hybridized carbons (Fsp3) is 0.154. The van der Waals surface area contributed by atoms with E-state index >= 15 is 0 Å². The van der Waals surface area contributed by atoms with Crippen molar-refractivity contribution in [1.82, 2.24) is 9.55 Å². The van der Waals surface area contributed by atoms with Crippen molar-refractivity contribution in [2.45, 2.75) is 13.5 Å². The van der Waals surface area contributed by atoms with E-state index in [1.807, 2.05) is 6.92 Å². The van der Waals surface area contributed by atoms with E-state index in [0.29, 0.717) is 10.7 Å². The molecule has 1 aromatic carbocycles. The molecular formula is C13H12ClN3O3. The summed E-state index contributed by atoms with van der Waals surface area (Å²) in [4.78, 5) is 36.3. The molecule has 6 nitrogen and oxygen atoms in total. The molecule has 104 valence electrons. The summed E-state index contributed by atoms with van der Waals surface area (Å²) >= 11 is 5.86. The highest BCUT2D eigenvalue weighted by Gasteiger charge is 2.07. The minimum atomic E-state index is -0.629. The van der Waals surface area contributed by atoms with Gasteiger partial charge in [-0.25, -0.2) is 4.79 Å². The van der Waals surface area contributed by atoms with Gasteiger partial charge >= 0.3 is 5.69 Å². The largest absolute Gasteiger partial charge is 0.328 e. The molecule has 0 unspecified atom stereocenters. The topological polar surface area (TPSA) is 84.0 Å². The standard InChI is InChI=1S/C13H12ClN3O3/c1-8-2-3-9(14)6-10(8)15-12(19)7-17-5-4-11(18)16-13(17)20/h2-6H,7H2,1H3,(H,15,19)(H,16,18,20). The van der Waals surface area contributed by atoms with Crippen molar-refractivity contribution < 1.29 is 4.79 Å². The molecule has 0 aliphatic carbocycles. The maximum absolute atomic E-state index is 11.9. The Morgan fingerprint density at radius 3 is 2.80 bits per heavy atom. The molecule has 0 aliphatic heterocycles. The normalized spacial score (nSPS) is 10.3. The van der Waals surface area contributed by atoms with Gasteiger partial charge in [-0.1, -0.05) is 17.7 Å². The molecule has 2 rings (SSSR count). The zero-order chi connectivity index (χ0) is 14.7. The highest BCUT2D eigenvalue weighted by Crippen LogP contribution is 2.19. The molecule has 1 amide bonds. The van der Waals surface area contributed by atoms with Crippen LogP contribution in [0.25, 0.3) is 0 Å². The summed E-state index contributed by atoms with van der Waals surface area (Å²) in [5.74, 6) is -0.385. The van der Waals surface area contributed by atoms with Crippen LogP contribution in [-0.2, 0) is 11.3 Å². The van der Waals surface area contributed by atoms with Gasteiger partial charge in [0, 0.05) is 23.0 Å². The maximum atomic E-state index is 11.9. The number of aromatic amines is 1. The van der Waals surface area contributed by atoms with Crippen LogP contribution in [0, 0.1) is 6.92 Å². The van der Waals surface area contributed by atoms with Crippen molar-refractivity contribution in [2.24, 2.45) is 0 Å². The molecule has 0 atom stereocenters. The van der Waals surface area contributed by atoms with Crippen LogP contribution in [0.4, 0.5) is 5.69 Å². The second kappa shape index (κ2) is 5.75. The number of H-pyrrole nitrogens is 1. The molecule has 1 aromatic heterocycles. The summed E-state index contributed by atoms with van der Waals surface area (Å²) < 4.78 is 1.11. The number of aryl methyl sites for hydroxylation is 1. The van der Waals surface area contributed by atoms with Crippen molar-refractivity contribution in [3.8, 4) is 0 Å². The fourth-order valence-corrected chi connectivity index (χ4v) is 1.81. The van der Waals surface area contributed by atoms with Crippen LogP contribution in [0.15, 0.2) is 40.1 Å². The molecule has 0 saturated heterocycles. The van der Waals surface area contributed by atoms with Gasteiger partial charge in [0.25, 0.3) is 5.56 Å². The molecule has 0 radical (unpaired) electrons. The number of hydrogen-bond donors (Lipinski definition) is 2. The minimum Gasteiger partial charge on any atom is -0.324 e. The van der Waals surface area contributed by atoms with Gasteiger partial charge < -0.3 is 5.32 Å². The number of carbonyl (C=O) groups is 1. The number of amides is 1. The van der Waals surface area contributed by atoms with Crippen molar-refractivity contribution >= 4 is 23.2 Å². The first-order valence-electron chi connectivity index (χ1n) is 5.81. The summed E-state index contributed by atoms with van der Waals surface area (Å²) in [6, 6.07) is 6.31. The number of anilines is 1. The number of halogens is 1. The van der Waals surface area contributed by atoms with Gasteiger partial charge in [0.2, 0.25) is 5.91 Å². The molecule has 0 fully saturated rings. The Balaban J connectivity index is 2.15. The number of nitrogens with zero attached hydrogens (tertiary/aromatic N) is 1. The Hall–Kier alpha value is -2.34. The first-order chi connectivity index (χ1) is 9.45. The van der Waals surface area contributed by atoms with E-state index in [0.717, 1.165) is 10.1 Å². The lowest BCUT2D eigenvalue weighted by molar-refractivity contribution is -0.116. The van der Waals surface area contributed by atoms with Gasteiger partial charge in [0.05, 0.1) is 0 Å². The van der Waals surface area contributed by atoms with E-state index in [1.54, 1.807) is 18.2 Å². The predicted molar refractivity (Wildman–Crippen MR) is 76.1 cm³/mol. The first-order valence-corrected chi connectivity index (χ1v) is 6.19. The van der Waals surface area contributed by atoms with Gasteiger partial charge in [-0.05, 0) is 24.6 Å². The highest BCUT2D eigenvalue weighted by molar-refractivity contribution is 6.31. The Kier molecular flexibility index (Phi) is 4.05. The van der Waals surface area contributed by atoms with Crippen LogP contribution in [-0.4, -0.2) is 15.5 Å². The molecule has 20 heavy (non-hydrogen) atoms. The molecule has 7 heteroatoms. The quantitative estimate of drug-likeness (QED) is 0.890. The fourth-order valence-electron chi connectivity index (χ4n) is 1.64. The average Bonchev–Trinajstić information content (AvgIpc) is 2.37. The molecule has 2 aromatic rings. The number of rotatable bonds is 3. The zero-order valence-electron chi connectivity index (χ0n) is 10.6. The van der Waals surface area contributed by atoms with Gasteiger partial charge in [-0.15, -0.1) is 0 Å². The highest BCUT2D eigenvalue weighted by atomic mass is 35.5. The first kappa shape index (κ1) is 14.1. The van der Waals surface area contributed by atoms with E-state index in [1.165, 1.54) is 12.3 Å². The van der Waals surface area contributed by atoms with E-state index < -0.39 is 11.2 Å². The number of benzene rings is 1. The summed E-state index contributed by atoms with van der Waals surface area (Å²) in [6.45, 7) is 1.64. The third kappa shape index (κ3) is 3.36. The van der Waals surface area contributed by atoms with Crippen LogP contribution in [0.2, 0.25) is 5.02 Å². The number of aromatic nitrogens is 2. The van der Waals surface area contributed by atoms with Gasteiger partial charge in [-0.3, -0.25) is 19.1 Å². The molecule has 2 N–H and O–H groups in total. The van der Waals surface area contributed by atoms with Crippen molar-refractivity contribution in [2.75, 3.05) is 5.32 Å². The van der Waals surface area contributed by atoms with Crippen LogP contribution in [0.1, 0.15) is 5.56 Å². The lowest BCUT2D eigenvalue weighted by Gasteiger charge is -2.09. The van der Waals surface area contributed by atoms with Crippen LogP contribution in [0.3, 0.4) is 0 Å². The summed E-state index contributed by atoms with van der Waals surface area (Å²) in [5.41, 5.74) is 0.310.